The molecule has 4 nitrogen and oxygen atoms in total. The zero-order chi connectivity index (χ0) is 12.2. The van der Waals surface area contributed by atoms with E-state index in [0.29, 0.717) is 12.0 Å². The fourth-order valence-corrected chi connectivity index (χ4v) is 1.44. The average Bonchev–Trinajstić information content (AvgIpc) is 2.36. The van der Waals surface area contributed by atoms with Crippen molar-refractivity contribution in [3.8, 4) is 0 Å². The monoisotopic (exact) mass is 221 g/mol. The second-order valence-electron chi connectivity index (χ2n) is 3.79. The van der Waals surface area contributed by atoms with Crippen LogP contribution in [0.2, 0.25) is 0 Å². The number of Topliss-reactive ketones (excluding diaryl/α,β-unsaturated/α-hetero) is 1. The van der Waals surface area contributed by atoms with Crippen LogP contribution < -0.4 is 5.90 Å². The highest BCUT2D eigenvalue weighted by Crippen LogP contribution is 2.27. The van der Waals surface area contributed by atoms with E-state index in [2.05, 4.69) is 4.84 Å². The molecule has 0 saturated carbocycles. The molecular formula is C12H15NO3. The minimum Gasteiger partial charge on any atom is -0.373 e. The quantitative estimate of drug-likeness (QED) is 0.477. The van der Waals surface area contributed by atoms with Crippen LogP contribution in [0, 0.1) is 5.41 Å². The van der Waals surface area contributed by atoms with Gasteiger partial charge in [-0.3, -0.25) is 4.79 Å². The molecule has 0 spiro atoms. The molecule has 0 saturated heterocycles. The van der Waals surface area contributed by atoms with Crippen molar-refractivity contribution in [3.05, 3.63) is 35.9 Å². The molecule has 0 aliphatic heterocycles. The molecule has 0 heterocycles. The molecule has 1 rings (SSSR count). The van der Waals surface area contributed by atoms with Crippen molar-refractivity contribution in [2.75, 3.05) is 0 Å². The normalized spacial score (nSPS) is 13.9. The summed E-state index contributed by atoms with van der Waals surface area (Å²) < 4.78 is 0. The van der Waals surface area contributed by atoms with Gasteiger partial charge in [0.2, 0.25) is 0 Å². The molecule has 1 atom stereocenters. The van der Waals surface area contributed by atoms with E-state index in [1.165, 1.54) is 6.92 Å². The molecule has 0 radical (unpaired) electrons. The van der Waals surface area contributed by atoms with E-state index in [-0.39, 0.29) is 5.78 Å². The largest absolute Gasteiger partial charge is 0.373 e. The Morgan fingerprint density at radius 1 is 1.31 bits per heavy atom. The number of hydrogen-bond donors (Lipinski definition) is 1. The van der Waals surface area contributed by atoms with Crippen LogP contribution in [0.1, 0.15) is 30.6 Å². The van der Waals surface area contributed by atoms with Crippen molar-refractivity contribution in [2.24, 2.45) is 11.3 Å². The Bertz CT molecular complexity index is 389. The molecule has 0 aliphatic rings. The van der Waals surface area contributed by atoms with Crippen molar-refractivity contribution < 1.29 is 14.4 Å². The van der Waals surface area contributed by atoms with Crippen LogP contribution in [-0.2, 0) is 9.63 Å². The molecular weight excluding hydrogens is 206 g/mol. The van der Waals surface area contributed by atoms with Crippen molar-refractivity contribution in [2.45, 2.75) is 20.3 Å². The van der Waals surface area contributed by atoms with E-state index >= 15 is 0 Å². The summed E-state index contributed by atoms with van der Waals surface area (Å²) in [6, 6.07) is 8.63. The van der Waals surface area contributed by atoms with Crippen LogP contribution in [0.5, 0.6) is 0 Å². The van der Waals surface area contributed by atoms with Gasteiger partial charge in [0.25, 0.3) is 0 Å². The molecule has 2 N–H and O–H groups in total. The lowest BCUT2D eigenvalue weighted by Crippen LogP contribution is -2.38. The lowest BCUT2D eigenvalue weighted by Gasteiger charge is -2.22. The third-order valence-electron chi connectivity index (χ3n) is 2.80. The summed E-state index contributed by atoms with van der Waals surface area (Å²) in [6.45, 7) is 3.29. The molecule has 1 aromatic rings. The summed E-state index contributed by atoms with van der Waals surface area (Å²) >= 11 is 0. The minimum atomic E-state index is -1.21. The van der Waals surface area contributed by atoms with Gasteiger partial charge in [0.1, 0.15) is 5.41 Å². The number of nitrogens with two attached hydrogens (primary N) is 1. The standard InChI is InChI=1S/C12H15NO3/c1-3-12(2,11(15)16-13)10(14)9-7-5-4-6-8-9/h4-8H,3,13H2,1-2H3. The van der Waals surface area contributed by atoms with Crippen LogP contribution in [0.25, 0.3) is 0 Å². The van der Waals surface area contributed by atoms with E-state index in [0.717, 1.165) is 0 Å². The number of ketones is 1. The van der Waals surface area contributed by atoms with Gasteiger partial charge < -0.3 is 4.84 Å². The predicted octanol–water partition coefficient (Wildman–Crippen LogP) is 1.70. The van der Waals surface area contributed by atoms with Crippen LogP contribution in [0.3, 0.4) is 0 Å². The first-order valence-electron chi connectivity index (χ1n) is 5.07. The Morgan fingerprint density at radius 3 is 2.31 bits per heavy atom. The van der Waals surface area contributed by atoms with Crippen LogP contribution in [-0.4, -0.2) is 11.8 Å². The highest BCUT2D eigenvalue weighted by atomic mass is 16.7. The molecule has 4 heteroatoms. The summed E-state index contributed by atoms with van der Waals surface area (Å²) in [5.74, 6) is 3.87. The molecule has 0 aliphatic carbocycles. The van der Waals surface area contributed by atoms with Crippen LogP contribution >= 0.6 is 0 Å². The number of rotatable bonds is 4. The Balaban J connectivity index is 3.07. The summed E-state index contributed by atoms with van der Waals surface area (Å²) in [4.78, 5) is 27.8. The van der Waals surface area contributed by atoms with E-state index in [4.69, 9.17) is 5.90 Å². The SMILES string of the molecule is CCC(C)(C(=O)ON)C(=O)c1ccccc1. The fraction of sp³-hybridized carbons (Fsp3) is 0.333. The van der Waals surface area contributed by atoms with Gasteiger partial charge in [-0.1, -0.05) is 37.3 Å². The second-order valence-corrected chi connectivity index (χ2v) is 3.79. The fourth-order valence-electron chi connectivity index (χ4n) is 1.44. The van der Waals surface area contributed by atoms with E-state index in [1.807, 2.05) is 0 Å². The molecule has 86 valence electrons. The zero-order valence-corrected chi connectivity index (χ0v) is 9.40. The maximum atomic E-state index is 12.1. The summed E-state index contributed by atoms with van der Waals surface area (Å²) in [5, 5.41) is 0. The predicted molar refractivity (Wildman–Crippen MR) is 59.4 cm³/mol. The Labute approximate surface area is 94.4 Å². The van der Waals surface area contributed by atoms with Crippen molar-refractivity contribution in [1.29, 1.82) is 0 Å². The zero-order valence-electron chi connectivity index (χ0n) is 9.40. The van der Waals surface area contributed by atoms with Gasteiger partial charge in [-0.15, -0.1) is 0 Å². The first kappa shape index (κ1) is 12.4. The summed E-state index contributed by atoms with van der Waals surface area (Å²) in [7, 11) is 0. The van der Waals surface area contributed by atoms with Gasteiger partial charge in [-0.25, -0.2) is 4.79 Å². The molecule has 1 aromatic carbocycles. The van der Waals surface area contributed by atoms with E-state index < -0.39 is 11.4 Å². The third-order valence-corrected chi connectivity index (χ3v) is 2.80. The lowest BCUT2D eigenvalue weighted by molar-refractivity contribution is -0.152. The topological polar surface area (TPSA) is 69.4 Å². The maximum absolute atomic E-state index is 12.1. The van der Waals surface area contributed by atoms with Gasteiger partial charge in [0.15, 0.2) is 5.78 Å². The molecule has 0 amide bonds. The minimum absolute atomic E-state index is 0.272. The number of benzene rings is 1. The van der Waals surface area contributed by atoms with Crippen LogP contribution in [0.4, 0.5) is 0 Å². The molecule has 1 unspecified atom stereocenters. The smallest absolute Gasteiger partial charge is 0.338 e. The summed E-state index contributed by atoms with van der Waals surface area (Å²) in [5.41, 5.74) is -0.729. The average molecular weight is 221 g/mol. The Kier molecular flexibility index (Phi) is 3.79. The highest BCUT2D eigenvalue weighted by molar-refractivity contribution is 6.12. The molecule has 0 aromatic heterocycles. The lowest BCUT2D eigenvalue weighted by atomic mass is 9.80. The van der Waals surface area contributed by atoms with Gasteiger partial charge in [-0.2, -0.15) is 5.90 Å². The number of carbonyl (C=O) groups excluding carboxylic acids is 2. The van der Waals surface area contributed by atoms with Crippen LogP contribution in [0.15, 0.2) is 30.3 Å². The Hall–Kier alpha value is -1.68. The van der Waals surface area contributed by atoms with Gasteiger partial charge in [-0.05, 0) is 13.3 Å². The first-order valence-corrected chi connectivity index (χ1v) is 5.07. The highest BCUT2D eigenvalue weighted by Gasteiger charge is 2.41. The number of carbonyl (C=O) groups is 2. The molecule has 16 heavy (non-hydrogen) atoms. The summed E-state index contributed by atoms with van der Waals surface area (Å²) in [6.07, 6.45) is 0.344. The maximum Gasteiger partial charge on any atom is 0.338 e. The van der Waals surface area contributed by atoms with Crippen molar-refractivity contribution in [3.63, 3.8) is 0 Å². The van der Waals surface area contributed by atoms with Gasteiger partial charge in [0, 0.05) is 5.56 Å². The van der Waals surface area contributed by atoms with Gasteiger partial charge >= 0.3 is 5.97 Å². The van der Waals surface area contributed by atoms with Gasteiger partial charge in [0.05, 0.1) is 0 Å². The van der Waals surface area contributed by atoms with E-state index in [1.54, 1.807) is 37.3 Å². The molecule has 0 bridgehead atoms. The van der Waals surface area contributed by atoms with E-state index in [9.17, 15) is 9.59 Å². The third kappa shape index (κ3) is 2.12. The number of hydrogen-bond acceptors (Lipinski definition) is 4. The molecule has 0 fully saturated rings. The first-order chi connectivity index (χ1) is 7.56. The van der Waals surface area contributed by atoms with Crippen molar-refractivity contribution in [1.82, 2.24) is 0 Å². The van der Waals surface area contributed by atoms with Crippen molar-refractivity contribution >= 4 is 11.8 Å². The Morgan fingerprint density at radius 2 is 1.88 bits per heavy atom. The second kappa shape index (κ2) is 4.90.